The first kappa shape index (κ1) is 24.6. The number of nitrogens with zero attached hydrogens (tertiary/aromatic N) is 1. The summed E-state index contributed by atoms with van der Waals surface area (Å²) in [6, 6.07) is 5.79. The van der Waals surface area contributed by atoms with Crippen LogP contribution >= 0.6 is 11.6 Å². The lowest BCUT2D eigenvalue weighted by Crippen LogP contribution is -2.51. The van der Waals surface area contributed by atoms with E-state index in [0.717, 1.165) is 30.7 Å². The van der Waals surface area contributed by atoms with Crippen LogP contribution in [-0.4, -0.2) is 24.1 Å². The van der Waals surface area contributed by atoms with E-state index in [2.05, 4.69) is 15.6 Å². The third-order valence-electron chi connectivity index (χ3n) is 4.52. The van der Waals surface area contributed by atoms with Gasteiger partial charge in [-0.2, -0.15) is 4.99 Å². The van der Waals surface area contributed by atoms with E-state index in [1.807, 2.05) is 13.8 Å². The van der Waals surface area contributed by atoms with Crippen LogP contribution in [0.25, 0.3) is 0 Å². The van der Waals surface area contributed by atoms with Gasteiger partial charge in [0.2, 0.25) is 5.96 Å². The Morgan fingerprint density at radius 1 is 1.10 bits per heavy atom. The quantitative estimate of drug-likeness (QED) is 0.290. The highest BCUT2D eigenvalue weighted by Gasteiger charge is 2.17. The second-order valence-corrected chi connectivity index (χ2v) is 7.55. The van der Waals surface area contributed by atoms with Gasteiger partial charge in [0.1, 0.15) is 17.5 Å². The van der Waals surface area contributed by atoms with Crippen molar-refractivity contribution in [2.45, 2.75) is 44.9 Å². The van der Waals surface area contributed by atoms with Gasteiger partial charge in [0.25, 0.3) is 5.91 Å². The normalized spacial score (nSPS) is 14.6. The summed E-state index contributed by atoms with van der Waals surface area (Å²) in [6.45, 7) is 3.80. The van der Waals surface area contributed by atoms with Crippen LogP contribution in [0.4, 0.5) is 13.2 Å². The van der Waals surface area contributed by atoms with Gasteiger partial charge in [-0.05, 0) is 55.7 Å². The van der Waals surface area contributed by atoms with E-state index in [0.29, 0.717) is 0 Å². The molecule has 0 bridgehead atoms. The summed E-state index contributed by atoms with van der Waals surface area (Å²) in [5.74, 6) is -2.86. The number of rotatable bonds is 7. The molecule has 0 heterocycles. The Labute approximate surface area is 183 Å². The Morgan fingerprint density at radius 3 is 2.32 bits per heavy atom. The van der Waals surface area contributed by atoms with E-state index in [1.54, 1.807) is 0 Å². The molecule has 3 unspecified atom stereocenters. The first-order valence-electron chi connectivity index (χ1n) is 9.67. The summed E-state index contributed by atoms with van der Waals surface area (Å²) in [6.07, 6.45) is 0.0155. The summed E-state index contributed by atoms with van der Waals surface area (Å²) >= 11 is 5.64. The van der Waals surface area contributed by atoms with Crippen molar-refractivity contribution in [2.24, 2.45) is 16.5 Å². The lowest BCUT2D eigenvalue weighted by atomic mass is 10.0. The van der Waals surface area contributed by atoms with Gasteiger partial charge in [0.15, 0.2) is 0 Å². The standard InChI is InChI=1S/C21H25ClF3N5O/c1-3-11(2)28-21(30-20(31)12-4-5-16(22)17(25)8-12)29-19(27)10-18(26)13-6-14(23)9-15(24)7-13/h4-9,11,18-19H,3,10,26-27H2,1-2H3,(H2,28,29,30,31). The van der Waals surface area contributed by atoms with Crippen LogP contribution in [0.15, 0.2) is 41.4 Å². The summed E-state index contributed by atoms with van der Waals surface area (Å²) in [5, 5.41) is 5.75. The molecule has 168 valence electrons. The number of aliphatic imine (C=N–C) groups is 1. The number of nitrogens with one attached hydrogen (secondary N) is 2. The zero-order valence-electron chi connectivity index (χ0n) is 17.1. The Morgan fingerprint density at radius 2 is 1.74 bits per heavy atom. The van der Waals surface area contributed by atoms with Crippen LogP contribution < -0.4 is 22.1 Å². The monoisotopic (exact) mass is 455 g/mol. The number of halogens is 4. The Kier molecular flexibility index (Phi) is 8.85. The van der Waals surface area contributed by atoms with Crippen LogP contribution in [0.1, 0.15) is 48.7 Å². The zero-order valence-corrected chi connectivity index (χ0v) is 17.9. The molecule has 0 aliphatic carbocycles. The van der Waals surface area contributed by atoms with Gasteiger partial charge in [-0.3, -0.25) is 4.79 Å². The van der Waals surface area contributed by atoms with Crippen LogP contribution in [0.3, 0.4) is 0 Å². The molecule has 2 aromatic carbocycles. The van der Waals surface area contributed by atoms with Gasteiger partial charge in [0, 0.05) is 23.7 Å². The topological polar surface area (TPSA) is 106 Å². The second-order valence-electron chi connectivity index (χ2n) is 7.14. The fraction of sp³-hybridized carbons (Fsp3) is 0.333. The maximum absolute atomic E-state index is 13.7. The molecule has 10 heteroatoms. The minimum atomic E-state index is -0.800. The molecule has 31 heavy (non-hydrogen) atoms. The molecule has 0 aliphatic heterocycles. The van der Waals surface area contributed by atoms with E-state index in [4.69, 9.17) is 23.1 Å². The number of hydrogen-bond acceptors (Lipinski definition) is 3. The third-order valence-corrected chi connectivity index (χ3v) is 4.82. The number of carbonyl (C=O) groups excluding carboxylic acids is 1. The largest absolute Gasteiger partial charge is 0.354 e. The Bertz CT molecular complexity index is 936. The van der Waals surface area contributed by atoms with Crippen molar-refractivity contribution < 1.29 is 18.0 Å². The maximum atomic E-state index is 13.7. The molecule has 0 saturated carbocycles. The maximum Gasteiger partial charge on any atom is 0.280 e. The highest BCUT2D eigenvalue weighted by molar-refractivity contribution is 6.30. The summed E-state index contributed by atoms with van der Waals surface area (Å²) in [7, 11) is 0. The number of nitrogens with two attached hydrogens (primary N) is 2. The molecule has 6 N–H and O–H groups in total. The molecule has 1 amide bonds. The number of hydrogen-bond donors (Lipinski definition) is 4. The number of amides is 1. The van der Waals surface area contributed by atoms with Crippen LogP contribution in [0.2, 0.25) is 5.02 Å². The van der Waals surface area contributed by atoms with Crippen molar-refractivity contribution in [1.82, 2.24) is 10.6 Å². The van der Waals surface area contributed by atoms with Crippen molar-refractivity contribution in [3.63, 3.8) is 0 Å². The van der Waals surface area contributed by atoms with Gasteiger partial charge in [-0.15, -0.1) is 0 Å². The summed E-state index contributed by atoms with van der Waals surface area (Å²) in [5.41, 5.74) is 12.4. The zero-order chi connectivity index (χ0) is 23.1. The average molecular weight is 456 g/mol. The highest BCUT2D eigenvalue weighted by Crippen LogP contribution is 2.18. The van der Waals surface area contributed by atoms with E-state index < -0.39 is 35.6 Å². The lowest BCUT2D eigenvalue weighted by molar-refractivity contribution is 0.100. The molecule has 0 radical (unpaired) electrons. The predicted octanol–water partition coefficient (Wildman–Crippen LogP) is 3.61. The molecule has 0 fully saturated rings. The van der Waals surface area contributed by atoms with Crippen LogP contribution in [0, 0.1) is 17.5 Å². The van der Waals surface area contributed by atoms with Gasteiger partial charge < -0.3 is 22.1 Å². The van der Waals surface area contributed by atoms with Gasteiger partial charge >= 0.3 is 0 Å². The van der Waals surface area contributed by atoms with Crippen molar-refractivity contribution in [3.8, 4) is 0 Å². The first-order valence-corrected chi connectivity index (χ1v) is 10.0. The average Bonchev–Trinajstić information content (AvgIpc) is 2.68. The van der Waals surface area contributed by atoms with Gasteiger partial charge in [-0.25, -0.2) is 13.2 Å². The van der Waals surface area contributed by atoms with E-state index in [1.165, 1.54) is 12.1 Å². The number of guanidine groups is 1. The molecule has 2 rings (SSSR count). The minimum absolute atomic E-state index is 0.00709. The number of benzene rings is 2. The summed E-state index contributed by atoms with van der Waals surface area (Å²) in [4.78, 5) is 16.4. The summed E-state index contributed by atoms with van der Waals surface area (Å²) < 4.78 is 40.5. The second kappa shape index (κ2) is 11.1. The fourth-order valence-electron chi connectivity index (χ4n) is 2.67. The smallest absolute Gasteiger partial charge is 0.280 e. The van der Waals surface area contributed by atoms with Gasteiger partial charge in [0.05, 0.1) is 11.2 Å². The molecule has 0 saturated heterocycles. The lowest BCUT2D eigenvalue weighted by Gasteiger charge is -2.23. The fourth-order valence-corrected chi connectivity index (χ4v) is 2.79. The molecule has 0 aliphatic rings. The minimum Gasteiger partial charge on any atom is -0.354 e. The molecular formula is C21H25ClF3N5O. The molecule has 3 atom stereocenters. The first-order chi connectivity index (χ1) is 14.6. The van der Waals surface area contributed by atoms with Crippen LogP contribution in [-0.2, 0) is 0 Å². The third kappa shape index (κ3) is 7.54. The van der Waals surface area contributed by atoms with E-state index in [-0.39, 0.29) is 34.6 Å². The number of carbonyl (C=O) groups is 1. The molecule has 0 spiro atoms. The van der Waals surface area contributed by atoms with Crippen molar-refractivity contribution in [3.05, 3.63) is 70.0 Å². The van der Waals surface area contributed by atoms with Crippen molar-refractivity contribution in [2.75, 3.05) is 0 Å². The van der Waals surface area contributed by atoms with Crippen molar-refractivity contribution in [1.29, 1.82) is 0 Å². The highest BCUT2D eigenvalue weighted by atomic mass is 35.5. The van der Waals surface area contributed by atoms with Crippen molar-refractivity contribution >= 4 is 23.5 Å². The van der Waals surface area contributed by atoms with E-state index in [9.17, 15) is 18.0 Å². The van der Waals surface area contributed by atoms with Crippen LogP contribution in [0.5, 0.6) is 0 Å². The predicted molar refractivity (Wildman–Crippen MR) is 115 cm³/mol. The molecule has 2 aromatic rings. The van der Waals surface area contributed by atoms with Gasteiger partial charge in [-0.1, -0.05) is 18.5 Å². The SMILES string of the molecule is CCC(C)N/C(=N/C(=O)c1ccc(Cl)c(F)c1)NC(N)CC(N)c1cc(F)cc(F)c1. The Hall–Kier alpha value is -2.62. The molecule has 0 aromatic heterocycles. The van der Waals surface area contributed by atoms with E-state index >= 15 is 0 Å². The molecular weight excluding hydrogens is 431 g/mol. The Balaban J connectivity index is 2.15. The molecule has 6 nitrogen and oxygen atoms in total.